The van der Waals surface area contributed by atoms with Gasteiger partial charge in [-0.2, -0.15) is 13.2 Å². The first-order valence-corrected chi connectivity index (χ1v) is 6.55. The fourth-order valence-corrected chi connectivity index (χ4v) is 2.61. The lowest BCUT2D eigenvalue weighted by atomic mass is 9.99. The molecule has 0 bridgehead atoms. The Labute approximate surface area is 114 Å². The van der Waals surface area contributed by atoms with Crippen molar-refractivity contribution in [3.05, 3.63) is 35.7 Å². The summed E-state index contributed by atoms with van der Waals surface area (Å²) in [6, 6.07) is 5.53. The van der Waals surface area contributed by atoms with Gasteiger partial charge in [0, 0.05) is 18.5 Å². The van der Waals surface area contributed by atoms with Crippen molar-refractivity contribution in [2.75, 3.05) is 0 Å². The molecule has 1 atom stereocenters. The zero-order chi connectivity index (χ0) is 14.3. The van der Waals surface area contributed by atoms with Crippen LogP contribution in [0.4, 0.5) is 13.2 Å². The van der Waals surface area contributed by atoms with Crippen LogP contribution in [-0.2, 0) is 19.1 Å². The molecule has 20 heavy (non-hydrogen) atoms. The maximum atomic E-state index is 13.1. The number of hydrogen-bond acceptors (Lipinski definition) is 2. The van der Waals surface area contributed by atoms with Crippen molar-refractivity contribution in [3.8, 4) is 11.4 Å². The van der Waals surface area contributed by atoms with Crippen LogP contribution >= 0.6 is 0 Å². The van der Waals surface area contributed by atoms with Crippen LogP contribution in [0.2, 0.25) is 0 Å². The van der Waals surface area contributed by atoms with E-state index in [1.165, 1.54) is 12.1 Å². The standard InChI is InChI=1S/C14H14F3N3/c1-9-6-7-20-12(8-9)18-19-13(20)10-4-2-3-5-11(10)14(15,16)17/h2-5,9H,6-8H2,1H3. The van der Waals surface area contributed by atoms with E-state index in [-0.39, 0.29) is 5.56 Å². The Morgan fingerprint density at radius 1 is 1.20 bits per heavy atom. The smallest absolute Gasteiger partial charge is 0.311 e. The molecule has 0 amide bonds. The molecule has 0 fully saturated rings. The molecule has 0 spiro atoms. The third-order valence-corrected chi connectivity index (χ3v) is 3.68. The van der Waals surface area contributed by atoms with Gasteiger partial charge in [-0.05, 0) is 18.4 Å². The molecular weight excluding hydrogens is 267 g/mol. The van der Waals surface area contributed by atoms with Crippen LogP contribution in [0.1, 0.15) is 24.7 Å². The average molecular weight is 281 g/mol. The third kappa shape index (κ3) is 2.19. The van der Waals surface area contributed by atoms with E-state index < -0.39 is 11.7 Å². The van der Waals surface area contributed by atoms with E-state index in [1.54, 1.807) is 6.07 Å². The van der Waals surface area contributed by atoms with Crippen molar-refractivity contribution in [2.45, 2.75) is 32.5 Å². The van der Waals surface area contributed by atoms with Crippen LogP contribution in [0.25, 0.3) is 11.4 Å². The van der Waals surface area contributed by atoms with Gasteiger partial charge in [0.2, 0.25) is 0 Å². The Kier molecular flexibility index (Phi) is 3.03. The summed E-state index contributed by atoms with van der Waals surface area (Å²) in [4.78, 5) is 0. The van der Waals surface area contributed by atoms with E-state index in [0.29, 0.717) is 18.3 Å². The second-order valence-corrected chi connectivity index (χ2v) is 5.23. The molecule has 0 radical (unpaired) electrons. The second-order valence-electron chi connectivity index (χ2n) is 5.23. The van der Waals surface area contributed by atoms with Crippen LogP contribution in [0.5, 0.6) is 0 Å². The van der Waals surface area contributed by atoms with Crippen LogP contribution in [0.3, 0.4) is 0 Å². The molecule has 6 heteroatoms. The molecule has 3 nitrogen and oxygen atoms in total. The van der Waals surface area contributed by atoms with Crippen molar-refractivity contribution >= 4 is 0 Å². The first-order chi connectivity index (χ1) is 9.47. The maximum absolute atomic E-state index is 13.1. The molecule has 1 aliphatic heterocycles. The Hall–Kier alpha value is -1.85. The predicted octanol–water partition coefficient (Wildman–Crippen LogP) is 3.55. The lowest BCUT2D eigenvalue weighted by Crippen LogP contribution is -2.18. The van der Waals surface area contributed by atoms with E-state index in [9.17, 15) is 13.2 Å². The van der Waals surface area contributed by atoms with Gasteiger partial charge in [0.05, 0.1) is 5.56 Å². The molecule has 1 aromatic heterocycles. The lowest BCUT2D eigenvalue weighted by molar-refractivity contribution is -0.137. The largest absolute Gasteiger partial charge is 0.417 e. The maximum Gasteiger partial charge on any atom is 0.417 e. The number of hydrogen-bond donors (Lipinski definition) is 0. The Morgan fingerprint density at radius 3 is 2.70 bits per heavy atom. The molecule has 1 aromatic carbocycles. The predicted molar refractivity (Wildman–Crippen MR) is 67.9 cm³/mol. The van der Waals surface area contributed by atoms with Gasteiger partial charge >= 0.3 is 6.18 Å². The summed E-state index contributed by atoms with van der Waals surface area (Å²) in [5.41, 5.74) is -0.554. The zero-order valence-electron chi connectivity index (χ0n) is 11.0. The van der Waals surface area contributed by atoms with Crippen LogP contribution < -0.4 is 0 Å². The monoisotopic (exact) mass is 281 g/mol. The molecule has 0 saturated carbocycles. The summed E-state index contributed by atoms with van der Waals surface area (Å²) in [6.07, 6.45) is -2.68. The van der Waals surface area contributed by atoms with E-state index in [1.807, 2.05) is 4.57 Å². The summed E-state index contributed by atoms with van der Waals surface area (Å²) in [5, 5.41) is 8.04. The van der Waals surface area contributed by atoms with Gasteiger partial charge in [-0.3, -0.25) is 0 Å². The molecule has 0 aliphatic carbocycles. The van der Waals surface area contributed by atoms with Crippen molar-refractivity contribution in [1.82, 2.24) is 14.8 Å². The number of nitrogens with zero attached hydrogens (tertiary/aromatic N) is 3. The molecule has 1 aliphatic rings. The van der Waals surface area contributed by atoms with Gasteiger partial charge in [0.1, 0.15) is 5.82 Å². The highest BCUT2D eigenvalue weighted by atomic mass is 19.4. The molecule has 0 saturated heterocycles. The van der Waals surface area contributed by atoms with E-state index in [4.69, 9.17) is 0 Å². The van der Waals surface area contributed by atoms with E-state index >= 15 is 0 Å². The number of rotatable bonds is 1. The van der Waals surface area contributed by atoms with E-state index in [2.05, 4.69) is 17.1 Å². The van der Waals surface area contributed by atoms with Crippen molar-refractivity contribution in [1.29, 1.82) is 0 Å². The minimum absolute atomic E-state index is 0.105. The number of halogens is 3. The first-order valence-electron chi connectivity index (χ1n) is 6.55. The highest BCUT2D eigenvalue weighted by Crippen LogP contribution is 2.37. The molecule has 3 rings (SSSR count). The SMILES string of the molecule is CC1CCn2c(nnc2-c2ccccc2C(F)(F)F)C1. The number of benzene rings is 1. The summed E-state index contributed by atoms with van der Waals surface area (Å²) in [5.74, 6) is 1.59. The van der Waals surface area contributed by atoms with Crippen molar-refractivity contribution in [2.24, 2.45) is 5.92 Å². The summed E-state index contributed by atoms with van der Waals surface area (Å²) in [7, 11) is 0. The average Bonchev–Trinajstić information content (AvgIpc) is 2.80. The first kappa shape index (κ1) is 13.1. The van der Waals surface area contributed by atoms with Crippen LogP contribution in [0, 0.1) is 5.92 Å². The topological polar surface area (TPSA) is 30.7 Å². The Morgan fingerprint density at radius 2 is 1.95 bits per heavy atom. The highest BCUT2D eigenvalue weighted by Gasteiger charge is 2.35. The van der Waals surface area contributed by atoms with Crippen molar-refractivity contribution in [3.63, 3.8) is 0 Å². The van der Waals surface area contributed by atoms with Gasteiger partial charge in [-0.1, -0.05) is 25.1 Å². The quantitative estimate of drug-likeness (QED) is 0.800. The summed E-state index contributed by atoms with van der Waals surface area (Å²) in [6.45, 7) is 2.78. The Balaban J connectivity index is 2.12. The van der Waals surface area contributed by atoms with E-state index in [0.717, 1.165) is 24.7 Å². The second kappa shape index (κ2) is 4.61. The number of aromatic nitrogens is 3. The minimum atomic E-state index is -4.38. The zero-order valence-corrected chi connectivity index (χ0v) is 11.0. The van der Waals surface area contributed by atoms with Crippen molar-refractivity contribution < 1.29 is 13.2 Å². The molecule has 0 N–H and O–H groups in total. The minimum Gasteiger partial charge on any atom is -0.311 e. The molecule has 1 unspecified atom stereocenters. The van der Waals surface area contributed by atoms with Crippen LogP contribution in [0.15, 0.2) is 24.3 Å². The molecule has 2 aromatic rings. The molecule has 2 heterocycles. The summed E-state index contributed by atoms with van der Waals surface area (Å²) >= 11 is 0. The normalized spacial score (nSPS) is 18.9. The number of alkyl halides is 3. The van der Waals surface area contributed by atoms with Gasteiger partial charge in [-0.15, -0.1) is 10.2 Å². The third-order valence-electron chi connectivity index (χ3n) is 3.68. The fourth-order valence-electron chi connectivity index (χ4n) is 2.61. The molecular formula is C14H14F3N3. The number of fused-ring (bicyclic) bond motifs is 1. The highest BCUT2D eigenvalue weighted by molar-refractivity contribution is 5.61. The fraction of sp³-hybridized carbons (Fsp3) is 0.429. The lowest BCUT2D eigenvalue weighted by Gasteiger charge is -2.21. The summed E-state index contributed by atoms with van der Waals surface area (Å²) < 4.78 is 41.0. The molecule has 106 valence electrons. The Bertz CT molecular complexity index is 631. The van der Waals surface area contributed by atoms with Gasteiger partial charge in [-0.25, -0.2) is 0 Å². The van der Waals surface area contributed by atoms with Gasteiger partial charge < -0.3 is 4.57 Å². The van der Waals surface area contributed by atoms with Crippen LogP contribution in [-0.4, -0.2) is 14.8 Å². The van der Waals surface area contributed by atoms with Gasteiger partial charge in [0.25, 0.3) is 0 Å². The van der Waals surface area contributed by atoms with Gasteiger partial charge in [0.15, 0.2) is 5.82 Å².